The fourth-order valence-electron chi connectivity index (χ4n) is 4.19. The molecule has 2 heterocycles. The molecule has 23 heavy (non-hydrogen) atoms. The summed E-state index contributed by atoms with van der Waals surface area (Å²) in [6.45, 7) is 2.23. The zero-order chi connectivity index (χ0) is 15.8. The molecule has 120 valence electrons. The van der Waals surface area contributed by atoms with Crippen molar-refractivity contribution in [1.82, 2.24) is 4.90 Å². The summed E-state index contributed by atoms with van der Waals surface area (Å²) in [6, 6.07) is 15.8. The topological polar surface area (TPSA) is 3.24 Å². The van der Waals surface area contributed by atoms with Gasteiger partial charge in [0, 0.05) is 28.6 Å². The van der Waals surface area contributed by atoms with E-state index in [2.05, 4.69) is 57.2 Å². The van der Waals surface area contributed by atoms with E-state index in [4.69, 9.17) is 11.6 Å². The fourth-order valence-corrected chi connectivity index (χ4v) is 4.81. The molecular formula is C20H21BrClN. The Balaban J connectivity index is 1.59. The highest BCUT2D eigenvalue weighted by Crippen LogP contribution is 2.34. The maximum absolute atomic E-state index is 6.16. The van der Waals surface area contributed by atoms with Crippen LogP contribution in [0, 0.1) is 5.92 Å². The Bertz CT molecular complexity index is 715. The van der Waals surface area contributed by atoms with Crippen LogP contribution in [0.3, 0.4) is 0 Å². The fraction of sp³-hybridized carbons (Fsp3) is 0.400. The van der Waals surface area contributed by atoms with Gasteiger partial charge in [0.1, 0.15) is 0 Å². The molecule has 0 saturated carbocycles. The highest BCUT2D eigenvalue weighted by atomic mass is 79.9. The van der Waals surface area contributed by atoms with Crippen molar-refractivity contribution in [3.8, 4) is 0 Å². The molecule has 0 unspecified atom stereocenters. The quantitative estimate of drug-likeness (QED) is 0.656. The molecule has 3 heteroatoms. The number of fused-ring (bicyclic) bond motifs is 2. The van der Waals surface area contributed by atoms with Crippen LogP contribution in [0.15, 0.2) is 46.9 Å². The lowest BCUT2D eigenvalue weighted by molar-refractivity contribution is 0.0938. The first-order valence-electron chi connectivity index (χ1n) is 8.43. The molecule has 3 aliphatic rings. The molecule has 0 N–H and O–H groups in total. The third-order valence-corrected chi connectivity index (χ3v) is 6.05. The van der Waals surface area contributed by atoms with Crippen molar-refractivity contribution in [2.45, 2.75) is 38.3 Å². The van der Waals surface area contributed by atoms with Crippen LogP contribution in [-0.2, 0) is 19.4 Å². The minimum atomic E-state index is 0.651. The summed E-state index contributed by atoms with van der Waals surface area (Å²) in [6.07, 6.45) is 5.08. The molecule has 1 saturated heterocycles. The average molecular weight is 391 g/mol. The van der Waals surface area contributed by atoms with Gasteiger partial charge in [-0.25, -0.2) is 0 Å². The van der Waals surface area contributed by atoms with Crippen LogP contribution >= 0.6 is 27.5 Å². The van der Waals surface area contributed by atoms with E-state index in [0.717, 1.165) is 17.5 Å². The molecule has 1 nitrogen and oxygen atoms in total. The number of halogens is 2. The molecule has 0 spiro atoms. The summed E-state index contributed by atoms with van der Waals surface area (Å²) in [5.74, 6) is 0.783. The van der Waals surface area contributed by atoms with Crippen LogP contribution in [0.25, 0.3) is 0 Å². The SMILES string of the molecule is Clc1cccc(CN2C[C@@H]3CC[C@H]2Cc2cc(Br)ccc2C3)c1. The zero-order valence-corrected chi connectivity index (χ0v) is 15.5. The molecule has 5 rings (SSSR count). The van der Waals surface area contributed by atoms with Gasteiger partial charge in [0.15, 0.2) is 0 Å². The van der Waals surface area contributed by atoms with Crippen LogP contribution in [0.4, 0.5) is 0 Å². The van der Waals surface area contributed by atoms with Crippen LogP contribution in [0.2, 0.25) is 5.02 Å². The summed E-state index contributed by atoms with van der Waals surface area (Å²) < 4.78 is 1.20. The van der Waals surface area contributed by atoms with Gasteiger partial charge in [-0.3, -0.25) is 4.90 Å². The number of hydrogen-bond donors (Lipinski definition) is 0. The van der Waals surface area contributed by atoms with Gasteiger partial charge < -0.3 is 0 Å². The Kier molecular flexibility index (Phi) is 4.49. The van der Waals surface area contributed by atoms with Gasteiger partial charge >= 0.3 is 0 Å². The van der Waals surface area contributed by atoms with Crippen molar-refractivity contribution in [1.29, 1.82) is 0 Å². The number of piperidine rings is 1. The second-order valence-electron chi connectivity index (χ2n) is 6.98. The molecule has 2 aromatic rings. The molecule has 2 bridgehead atoms. The molecule has 2 aliphatic heterocycles. The minimum Gasteiger partial charge on any atom is -0.296 e. The summed E-state index contributed by atoms with van der Waals surface area (Å²) in [7, 11) is 0. The third-order valence-electron chi connectivity index (χ3n) is 5.32. The predicted octanol–water partition coefficient (Wildman–Crippen LogP) is 5.48. The first-order chi connectivity index (χ1) is 11.2. The van der Waals surface area contributed by atoms with E-state index in [1.807, 2.05) is 6.07 Å². The lowest BCUT2D eigenvalue weighted by Gasteiger charge is -2.42. The van der Waals surface area contributed by atoms with Crippen molar-refractivity contribution in [2.24, 2.45) is 5.92 Å². The van der Waals surface area contributed by atoms with Gasteiger partial charge in [-0.1, -0.05) is 45.7 Å². The highest BCUT2D eigenvalue weighted by Gasteiger charge is 2.31. The standard InChI is InChI=1S/C20H21BrClN/c21-18-6-5-16-8-15-4-7-20(11-17(16)10-18)23(13-15)12-14-2-1-3-19(22)9-14/h1-3,5-6,9-10,15,20H,4,7-8,11-13H2/t15-,20+/m1/s1. The van der Waals surface area contributed by atoms with Gasteiger partial charge in [0.2, 0.25) is 0 Å². The maximum Gasteiger partial charge on any atom is 0.0409 e. The Morgan fingerprint density at radius 1 is 1.04 bits per heavy atom. The number of rotatable bonds is 2. The van der Waals surface area contributed by atoms with E-state index < -0.39 is 0 Å². The predicted molar refractivity (Wildman–Crippen MR) is 99.9 cm³/mol. The normalized spacial score (nSPS) is 24.1. The minimum absolute atomic E-state index is 0.651. The van der Waals surface area contributed by atoms with Gasteiger partial charge in [-0.05, 0) is 72.6 Å². The average Bonchev–Trinajstić information content (AvgIpc) is 2.50. The molecule has 0 radical (unpaired) electrons. The maximum atomic E-state index is 6.16. The second-order valence-corrected chi connectivity index (χ2v) is 8.33. The summed E-state index contributed by atoms with van der Waals surface area (Å²) in [4.78, 5) is 2.68. The van der Waals surface area contributed by atoms with Crippen molar-refractivity contribution < 1.29 is 0 Å². The van der Waals surface area contributed by atoms with E-state index in [1.54, 1.807) is 5.56 Å². The van der Waals surface area contributed by atoms with Crippen LogP contribution in [-0.4, -0.2) is 17.5 Å². The van der Waals surface area contributed by atoms with E-state index >= 15 is 0 Å². The molecule has 2 aromatic carbocycles. The third kappa shape index (κ3) is 3.50. The monoisotopic (exact) mass is 389 g/mol. The van der Waals surface area contributed by atoms with Crippen molar-refractivity contribution in [3.05, 3.63) is 68.7 Å². The van der Waals surface area contributed by atoms with Crippen LogP contribution in [0.5, 0.6) is 0 Å². The highest BCUT2D eigenvalue weighted by molar-refractivity contribution is 9.10. The van der Waals surface area contributed by atoms with E-state index in [0.29, 0.717) is 6.04 Å². The van der Waals surface area contributed by atoms with E-state index in [9.17, 15) is 0 Å². The van der Waals surface area contributed by atoms with Crippen molar-refractivity contribution >= 4 is 27.5 Å². The Hall–Kier alpha value is -0.830. The van der Waals surface area contributed by atoms with Crippen LogP contribution in [0.1, 0.15) is 29.5 Å². The second kappa shape index (κ2) is 6.58. The number of nitrogens with zero attached hydrogens (tertiary/aromatic N) is 1. The molecular weight excluding hydrogens is 370 g/mol. The number of benzene rings is 2. The molecule has 0 amide bonds. The zero-order valence-electron chi connectivity index (χ0n) is 13.1. The molecule has 1 aliphatic carbocycles. The molecule has 1 fully saturated rings. The molecule has 2 atom stereocenters. The van der Waals surface area contributed by atoms with E-state index in [-0.39, 0.29) is 0 Å². The first-order valence-corrected chi connectivity index (χ1v) is 9.60. The Morgan fingerprint density at radius 2 is 1.96 bits per heavy atom. The van der Waals surface area contributed by atoms with Gasteiger partial charge in [0.25, 0.3) is 0 Å². The largest absolute Gasteiger partial charge is 0.296 e. The van der Waals surface area contributed by atoms with Gasteiger partial charge in [0.05, 0.1) is 0 Å². The van der Waals surface area contributed by atoms with Crippen molar-refractivity contribution in [3.63, 3.8) is 0 Å². The molecule has 0 aromatic heterocycles. The summed E-state index contributed by atoms with van der Waals surface area (Å²) in [5, 5.41) is 0.842. The lowest BCUT2D eigenvalue weighted by atomic mass is 9.80. The lowest BCUT2D eigenvalue weighted by Crippen LogP contribution is -2.46. The summed E-state index contributed by atoms with van der Waals surface area (Å²) >= 11 is 9.80. The Morgan fingerprint density at radius 3 is 2.83 bits per heavy atom. The summed E-state index contributed by atoms with van der Waals surface area (Å²) in [5.41, 5.74) is 4.42. The first kappa shape index (κ1) is 15.7. The van der Waals surface area contributed by atoms with Gasteiger partial charge in [-0.2, -0.15) is 0 Å². The number of hydrogen-bond acceptors (Lipinski definition) is 1. The Labute approximate surface area is 151 Å². The van der Waals surface area contributed by atoms with Gasteiger partial charge in [-0.15, -0.1) is 0 Å². The smallest absolute Gasteiger partial charge is 0.0409 e. The van der Waals surface area contributed by atoms with Crippen molar-refractivity contribution in [2.75, 3.05) is 6.54 Å². The van der Waals surface area contributed by atoms with Crippen LogP contribution < -0.4 is 0 Å². The van der Waals surface area contributed by atoms with E-state index in [1.165, 1.54) is 47.8 Å².